The van der Waals surface area contributed by atoms with Gasteiger partial charge in [-0.25, -0.2) is 4.98 Å². The third-order valence-electron chi connectivity index (χ3n) is 1.88. The van der Waals surface area contributed by atoms with Crippen LogP contribution in [0, 0.1) is 10.1 Å². The fourth-order valence-electron chi connectivity index (χ4n) is 1.11. The van der Waals surface area contributed by atoms with Gasteiger partial charge in [0, 0.05) is 0 Å². The summed E-state index contributed by atoms with van der Waals surface area (Å²) >= 11 is 3.20. The zero-order valence-corrected chi connectivity index (χ0v) is 10.2. The second-order valence-corrected chi connectivity index (χ2v) is 3.78. The van der Waals surface area contributed by atoms with Crippen molar-refractivity contribution in [2.24, 2.45) is 0 Å². The molecular formula is C8H6BrN5O3. The van der Waals surface area contributed by atoms with Crippen LogP contribution in [0.3, 0.4) is 0 Å². The number of rotatable bonds is 3. The largest absolute Gasteiger partial charge is 0.480 e. The summed E-state index contributed by atoms with van der Waals surface area (Å²) in [5.74, 6) is 0.520. The minimum atomic E-state index is -0.542. The number of nitro groups is 1. The molecule has 8 nitrogen and oxygen atoms in total. The Labute approximate surface area is 104 Å². The Morgan fingerprint density at radius 1 is 1.53 bits per heavy atom. The molecule has 0 saturated heterocycles. The van der Waals surface area contributed by atoms with Gasteiger partial charge < -0.3 is 4.74 Å². The van der Waals surface area contributed by atoms with E-state index in [1.807, 2.05) is 0 Å². The lowest BCUT2D eigenvalue weighted by Crippen LogP contribution is -2.03. The van der Waals surface area contributed by atoms with E-state index in [9.17, 15) is 10.1 Å². The van der Waals surface area contributed by atoms with Crippen LogP contribution in [0.15, 0.2) is 23.1 Å². The SMILES string of the molecule is COc1nc(-n2cc([N+](=O)[O-])cn2)ncc1Br. The smallest absolute Gasteiger partial charge is 0.307 e. The lowest BCUT2D eigenvalue weighted by molar-refractivity contribution is -0.384. The fraction of sp³-hybridized carbons (Fsp3) is 0.125. The average Bonchev–Trinajstić information content (AvgIpc) is 2.79. The predicted octanol–water partition coefficient (Wildman–Crippen LogP) is 1.34. The molecule has 2 heterocycles. The van der Waals surface area contributed by atoms with Crippen LogP contribution >= 0.6 is 15.9 Å². The van der Waals surface area contributed by atoms with Crippen molar-refractivity contribution < 1.29 is 9.66 Å². The Bertz CT molecular complexity index is 570. The first kappa shape index (κ1) is 11.5. The number of hydrogen-bond donors (Lipinski definition) is 0. The Morgan fingerprint density at radius 3 is 2.88 bits per heavy atom. The summed E-state index contributed by atoms with van der Waals surface area (Å²) in [7, 11) is 1.46. The Balaban J connectivity index is 2.42. The Kier molecular flexibility index (Phi) is 3.00. The zero-order valence-electron chi connectivity index (χ0n) is 8.57. The molecule has 0 saturated carbocycles. The summed E-state index contributed by atoms with van der Waals surface area (Å²) in [5, 5.41) is 14.3. The summed E-state index contributed by atoms with van der Waals surface area (Å²) in [6, 6.07) is 0. The molecule has 9 heteroatoms. The van der Waals surface area contributed by atoms with Crippen LogP contribution in [0.5, 0.6) is 5.88 Å². The maximum atomic E-state index is 10.5. The second kappa shape index (κ2) is 4.45. The standard InChI is InChI=1S/C8H6BrN5O3/c1-17-7-6(9)3-10-8(12-7)13-4-5(2-11-13)14(15)16/h2-4H,1H3. The van der Waals surface area contributed by atoms with Gasteiger partial charge in [-0.3, -0.25) is 10.1 Å². The van der Waals surface area contributed by atoms with E-state index in [0.717, 1.165) is 6.20 Å². The molecule has 0 atom stereocenters. The highest BCUT2D eigenvalue weighted by molar-refractivity contribution is 9.10. The number of nitrogens with zero attached hydrogens (tertiary/aromatic N) is 5. The molecule has 0 aliphatic heterocycles. The number of halogens is 1. The lowest BCUT2D eigenvalue weighted by atomic mass is 10.6. The van der Waals surface area contributed by atoms with Crippen molar-refractivity contribution >= 4 is 21.6 Å². The number of aromatic nitrogens is 4. The minimum Gasteiger partial charge on any atom is -0.480 e. The first-order chi connectivity index (χ1) is 8.11. The molecule has 0 bridgehead atoms. The fourth-order valence-corrected chi connectivity index (χ4v) is 1.47. The van der Waals surface area contributed by atoms with Gasteiger partial charge in [-0.1, -0.05) is 0 Å². The molecule has 2 rings (SSSR count). The third-order valence-corrected chi connectivity index (χ3v) is 2.42. The van der Waals surface area contributed by atoms with E-state index < -0.39 is 4.92 Å². The molecule has 88 valence electrons. The van der Waals surface area contributed by atoms with Gasteiger partial charge >= 0.3 is 5.69 Å². The highest BCUT2D eigenvalue weighted by Crippen LogP contribution is 2.21. The molecule has 0 radical (unpaired) electrons. The van der Waals surface area contributed by atoms with Gasteiger partial charge in [-0.05, 0) is 15.9 Å². The van der Waals surface area contributed by atoms with E-state index in [1.165, 1.54) is 24.2 Å². The second-order valence-electron chi connectivity index (χ2n) is 2.93. The monoisotopic (exact) mass is 299 g/mol. The normalized spacial score (nSPS) is 10.2. The van der Waals surface area contributed by atoms with Crippen molar-refractivity contribution in [2.45, 2.75) is 0 Å². The molecule has 0 unspecified atom stereocenters. The van der Waals surface area contributed by atoms with Crippen molar-refractivity contribution in [3.63, 3.8) is 0 Å². The van der Waals surface area contributed by atoms with Crippen molar-refractivity contribution in [3.05, 3.63) is 33.2 Å². The van der Waals surface area contributed by atoms with Crippen LogP contribution in [0.25, 0.3) is 5.95 Å². The molecule has 0 spiro atoms. The molecule has 0 aliphatic carbocycles. The van der Waals surface area contributed by atoms with Crippen LogP contribution in [0.1, 0.15) is 0 Å². The number of methoxy groups -OCH3 is 1. The number of hydrogen-bond acceptors (Lipinski definition) is 6. The minimum absolute atomic E-state index is 0.129. The van der Waals surface area contributed by atoms with Crippen molar-refractivity contribution in [2.75, 3.05) is 7.11 Å². The summed E-state index contributed by atoms with van der Waals surface area (Å²) in [4.78, 5) is 18.0. The highest BCUT2D eigenvalue weighted by Gasteiger charge is 2.13. The molecular weight excluding hydrogens is 294 g/mol. The van der Waals surface area contributed by atoms with Gasteiger partial charge in [0.15, 0.2) is 0 Å². The summed E-state index contributed by atoms with van der Waals surface area (Å²) in [5.41, 5.74) is -0.129. The quantitative estimate of drug-likeness (QED) is 0.627. The van der Waals surface area contributed by atoms with Crippen LogP contribution in [-0.2, 0) is 0 Å². The molecule has 2 aromatic heterocycles. The van der Waals surface area contributed by atoms with Crippen molar-refractivity contribution in [1.82, 2.24) is 19.7 Å². The average molecular weight is 300 g/mol. The van der Waals surface area contributed by atoms with Crippen LogP contribution < -0.4 is 4.74 Å². The van der Waals surface area contributed by atoms with Crippen LogP contribution in [-0.4, -0.2) is 31.8 Å². The molecule has 0 aliphatic rings. The van der Waals surface area contributed by atoms with E-state index >= 15 is 0 Å². The van der Waals surface area contributed by atoms with Gasteiger partial charge in [0.2, 0.25) is 5.88 Å². The first-order valence-electron chi connectivity index (χ1n) is 4.38. The van der Waals surface area contributed by atoms with Crippen molar-refractivity contribution in [1.29, 1.82) is 0 Å². The molecule has 0 N–H and O–H groups in total. The van der Waals surface area contributed by atoms with E-state index in [-0.39, 0.29) is 11.6 Å². The van der Waals surface area contributed by atoms with Crippen molar-refractivity contribution in [3.8, 4) is 11.8 Å². The molecule has 2 aromatic rings. The van der Waals surface area contributed by atoms with Gasteiger partial charge in [0.1, 0.15) is 12.4 Å². The first-order valence-corrected chi connectivity index (χ1v) is 5.17. The third kappa shape index (κ3) is 2.23. The zero-order chi connectivity index (χ0) is 12.4. The van der Waals surface area contributed by atoms with E-state index in [0.29, 0.717) is 10.4 Å². The van der Waals surface area contributed by atoms with Gasteiger partial charge in [0.25, 0.3) is 5.95 Å². The molecule has 0 fully saturated rings. The summed E-state index contributed by atoms with van der Waals surface area (Å²) < 4.78 is 6.78. The summed E-state index contributed by atoms with van der Waals surface area (Å²) in [6.07, 6.45) is 3.83. The topological polar surface area (TPSA) is 96.0 Å². The van der Waals surface area contributed by atoms with Crippen LogP contribution in [0.4, 0.5) is 5.69 Å². The van der Waals surface area contributed by atoms with E-state index in [2.05, 4.69) is 31.0 Å². The van der Waals surface area contributed by atoms with Gasteiger partial charge in [-0.15, -0.1) is 0 Å². The van der Waals surface area contributed by atoms with E-state index in [1.54, 1.807) is 0 Å². The van der Waals surface area contributed by atoms with Gasteiger partial charge in [0.05, 0.1) is 22.7 Å². The predicted molar refractivity (Wildman–Crippen MR) is 60.1 cm³/mol. The van der Waals surface area contributed by atoms with Crippen LogP contribution in [0.2, 0.25) is 0 Å². The molecule has 0 amide bonds. The van der Waals surface area contributed by atoms with Gasteiger partial charge in [-0.2, -0.15) is 14.8 Å². The molecule has 0 aromatic carbocycles. The highest BCUT2D eigenvalue weighted by atomic mass is 79.9. The maximum Gasteiger partial charge on any atom is 0.307 e. The lowest BCUT2D eigenvalue weighted by Gasteiger charge is -2.03. The Hall–Kier alpha value is -2.03. The summed E-state index contributed by atoms with van der Waals surface area (Å²) in [6.45, 7) is 0. The Morgan fingerprint density at radius 2 is 2.29 bits per heavy atom. The van der Waals surface area contributed by atoms with E-state index in [4.69, 9.17) is 4.74 Å². The molecule has 17 heavy (non-hydrogen) atoms. The maximum absolute atomic E-state index is 10.5. The number of ether oxygens (including phenoxy) is 1.